The number of hydrogen-bond donors (Lipinski definition) is 3. The fourth-order valence-corrected chi connectivity index (χ4v) is 4.90. The number of aryl methyl sites for hydroxylation is 1. The van der Waals surface area contributed by atoms with Crippen molar-refractivity contribution < 1.29 is 9.90 Å². The fraction of sp³-hybridized carbons (Fsp3) is 0.136. The van der Waals surface area contributed by atoms with Crippen molar-refractivity contribution in [1.29, 1.82) is 0 Å². The number of nitrogens with zero attached hydrogens (tertiary/aromatic N) is 2. The third-order valence-electron chi connectivity index (χ3n) is 5.42. The van der Waals surface area contributed by atoms with Crippen LogP contribution in [0.1, 0.15) is 27.1 Å². The number of H-pyrrole nitrogens is 1. The summed E-state index contributed by atoms with van der Waals surface area (Å²) in [6.45, 7) is 1.99. The summed E-state index contributed by atoms with van der Waals surface area (Å²) in [6, 6.07) is 15.6. The van der Waals surface area contributed by atoms with Gasteiger partial charge in [-0.1, -0.05) is 36.0 Å². The molecule has 156 valence electrons. The maximum atomic E-state index is 13.2. The number of benzene rings is 2. The number of carboxylic acid groups (broad SMARTS) is 1. The Morgan fingerprint density at radius 3 is 2.58 bits per heavy atom. The molecule has 1 atom stereocenters. The van der Waals surface area contributed by atoms with Gasteiger partial charge in [-0.05, 0) is 36.8 Å². The summed E-state index contributed by atoms with van der Waals surface area (Å²) in [5.74, 6) is -1.00. The molecule has 0 saturated carbocycles. The van der Waals surface area contributed by atoms with Gasteiger partial charge >= 0.3 is 5.97 Å². The Kier molecular flexibility index (Phi) is 4.48. The molecule has 1 unspecified atom stereocenters. The molecule has 3 heterocycles. The first-order chi connectivity index (χ1) is 14.9. The highest BCUT2D eigenvalue weighted by molar-refractivity contribution is 8.00. The predicted molar refractivity (Wildman–Crippen MR) is 119 cm³/mol. The minimum absolute atomic E-state index is 0.180. The number of rotatable bonds is 4. The van der Waals surface area contributed by atoms with Gasteiger partial charge < -0.3 is 15.0 Å². The molecule has 0 spiro atoms. The Morgan fingerprint density at radius 1 is 1.13 bits per heavy atom. The number of aromatic amines is 1. The summed E-state index contributed by atoms with van der Waals surface area (Å²) < 4.78 is 3.04. The van der Waals surface area contributed by atoms with E-state index in [4.69, 9.17) is 5.11 Å². The van der Waals surface area contributed by atoms with Gasteiger partial charge in [0.1, 0.15) is 0 Å². The van der Waals surface area contributed by atoms with Crippen LogP contribution in [0.2, 0.25) is 0 Å². The predicted octanol–water partition coefficient (Wildman–Crippen LogP) is 3.22. The number of fused-ring (bicyclic) bond motifs is 2. The maximum Gasteiger partial charge on any atom is 0.335 e. The van der Waals surface area contributed by atoms with Gasteiger partial charge in [0, 0.05) is 16.7 Å². The maximum absolute atomic E-state index is 13.2. The van der Waals surface area contributed by atoms with Crippen molar-refractivity contribution in [2.24, 2.45) is 0 Å². The third-order valence-corrected chi connectivity index (χ3v) is 6.59. The van der Waals surface area contributed by atoms with Crippen molar-refractivity contribution in [3.8, 4) is 0 Å². The Labute approximate surface area is 180 Å². The van der Waals surface area contributed by atoms with E-state index < -0.39 is 5.97 Å². The molecule has 9 heteroatoms. The topological polar surface area (TPSA) is 109 Å². The summed E-state index contributed by atoms with van der Waals surface area (Å²) >= 11 is 1.53. The standard InChI is InChI=1S/C22H18N4O4S/c1-12-19-16(10-18(27)25(12)11-13-6-8-14(9-7-13)21(29)30)24-26(20(19)28)22-23-15-4-2-3-5-17(15)31-22/h2-10,22-24H,11H2,1H3,(H,29,30). The van der Waals surface area contributed by atoms with Crippen LogP contribution in [0.15, 0.2) is 69.1 Å². The van der Waals surface area contributed by atoms with Gasteiger partial charge in [0.05, 0.1) is 28.7 Å². The number of thioether (sulfide) groups is 1. The van der Waals surface area contributed by atoms with Gasteiger partial charge in [-0.2, -0.15) is 0 Å². The van der Waals surface area contributed by atoms with Crippen LogP contribution >= 0.6 is 11.8 Å². The second-order valence-corrected chi connectivity index (χ2v) is 8.46. The number of aromatic nitrogens is 3. The van der Waals surface area contributed by atoms with Gasteiger partial charge in [0.15, 0.2) is 5.50 Å². The molecule has 3 N–H and O–H groups in total. The number of nitrogens with one attached hydrogen (secondary N) is 2. The smallest absolute Gasteiger partial charge is 0.335 e. The average Bonchev–Trinajstić information content (AvgIpc) is 3.32. The number of anilines is 1. The highest BCUT2D eigenvalue weighted by atomic mass is 32.2. The van der Waals surface area contributed by atoms with E-state index in [-0.39, 0.29) is 28.7 Å². The van der Waals surface area contributed by atoms with Crippen molar-refractivity contribution in [3.05, 3.63) is 92.1 Å². The van der Waals surface area contributed by atoms with Crippen LogP contribution in [0.4, 0.5) is 5.69 Å². The summed E-state index contributed by atoms with van der Waals surface area (Å²) in [5, 5.41) is 15.9. The molecular weight excluding hydrogens is 416 g/mol. The first-order valence-electron chi connectivity index (χ1n) is 9.61. The summed E-state index contributed by atoms with van der Waals surface area (Å²) in [6.07, 6.45) is 0. The lowest BCUT2D eigenvalue weighted by molar-refractivity contribution is 0.0697. The first-order valence-corrected chi connectivity index (χ1v) is 10.5. The quantitative estimate of drug-likeness (QED) is 0.455. The Hall–Kier alpha value is -3.72. The number of carbonyl (C=O) groups is 1. The van der Waals surface area contributed by atoms with Crippen molar-refractivity contribution in [2.45, 2.75) is 23.9 Å². The van der Waals surface area contributed by atoms with E-state index in [1.165, 1.54) is 39.2 Å². The zero-order valence-electron chi connectivity index (χ0n) is 16.5. The molecule has 0 amide bonds. The molecule has 0 saturated heterocycles. The van der Waals surface area contributed by atoms with E-state index in [0.29, 0.717) is 16.6 Å². The highest BCUT2D eigenvalue weighted by Gasteiger charge is 2.26. The molecule has 0 radical (unpaired) electrons. The van der Waals surface area contributed by atoms with E-state index in [1.807, 2.05) is 24.3 Å². The van der Waals surface area contributed by atoms with Crippen molar-refractivity contribution in [2.75, 3.05) is 5.32 Å². The molecule has 4 aromatic rings. The Bertz CT molecular complexity index is 1420. The van der Waals surface area contributed by atoms with Gasteiger partial charge in [0.25, 0.3) is 11.1 Å². The largest absolute Gasteiger partial charge is 0.478 e. The monoisotopic (exact) mass is 434 g/mol. The minimum Gasteiger partial charge on any atom is -0.478 e. The molecule has 8 nitrogen and oxygen atoms in total. The van der Waals surface area contributed by atoms with Crippen LogP contribution < -0.4 is 16.4 Å². The first kappa shape index (κ1) is 19.3. The van der Waals surface area contributed by atoms with E-state index in [0.717, 1.165) is 16.1 Å². The fourth-order valence-electron chi connectivity index (χ4n) is 3.81. The number of pyridine rings is 1. The van der Waals surface area contributed by atoms with Crippen molar-refractivity contribution in [1.82, 2.24) is 14.3 Å². The summed E-state index contributed by atoms with van der Waals surface area (Å²) in [7, 11) is 0. The van der Waals surface area contributed by atoms with Crippen LogP contribution in [0.3, 0.4) is 0 Å². The van der Waals surface area contributed by atoms with Gasteiger partial charge in [0.2, 0.25) is 0 Å². The lowest BCUT2D eigenvalue weighted by Crippen LogP contribution is -2.25. The normalized spacial score (nSPS) is 15.1. The number of carboxylic acids is 1. The molecule has 0 bridgehead atoms. The molecule has 1 aliphatic rings. The van der Waals surface area contributed by atoms with Gasteiger partial charge in [-0.25, -0.2) is 9.48 Å². The molecule has 2 aromatic heterocycles. The number of para-hydroxylation sites is 1. The molecule has 31 heavy (non-hydrogen) atoms. The van der Waals surface area contributed by atoms with E-state index in [9.17, 15) is 14.4 Å². The SMILES string of the molecule is Cc1c2c(=O)n(C3Nc4ccccc4S3)[nH]c2cc(=O)n1Cc1ccc(C(=O)O)cc1. The zero-order chi connectivity index (χ0) is 21.7. The third kappa shape index (κ3) is 3.23. The summed E-state index contributed by atoms with van der Waals surface area (Å²) in [5.41, 5.74) is 2.19. The van der Waals surface area contributed by atoms with Crippen LogP contribution in [0, 0.1) is 6.92 Å². The molecule has 2 aromatic carbocycles. The van der Waals surface area contributed by atoms with Crippen LogP contribution in [-0.2, 0) is 6.54 Å². The lowest BCUT2D eigenvalue weighted by atomic mass is 10.1. The van der Waals surface area contributed by atoms with Gasteiger partial charge in [-0.15, -0.1) is 0 Å². The minimum atomic E-state index is -1.00. The second kappa shape index (κ2) is 7.21. The van der Waals surface area contributed by atoms with Crippen LogP contribution in [-0.4, -0.2) is 25.4 Å². The summed E-state index contributed by atoms with van der Waals surface area (Å²) in [4.78, 5) is 38.1. The van der Waals surface area contributed by atoms with Crippen LogP contribution in [0.25, 0.3) is 10.9 Å². The molecule has 5 rings (SSSR count). The molecule has 0 aliphatic carbocycles. The average molecular weight is 434 g/mol. The molecule has 1 aliphatic heterocycles. The Morgan fingerprint density at radius 2 is 1.87 bits per heavy atom. The Balaban J connectivity index is 1.53. The van der Waals surface area contributed by atoms with Crippen molar-refractivity contribution in [3.63, 3.8) is 0 Å². The van der Waals surface area contributed by atoms with Crippen molar-refractivity contribution >= 4 is 34.3 Å². The highest BCUT2D eigenvalue weighted by Crippen LogP contribution is 2.42. The number of aromatic carboxylic acids is 1. The molecule has 0 fully saturated rings. The molecular formula is C22H18N4O4S. The zero-order valence-corrected chi connectivity index (χ0v) is 17.3. The van der Waals surface area contributed by atoms with E-state index in [2.05, 4.69) is 10.4 Å². The van der Waals surface area contributed by atoms with Crippen LogP contribution in [0.5, 0.6) is 0 Å². The number of hydrogen-bond acceptors (Lipinski definition) is 5. The van der Waals surface area contributed by atoms with E-state index in [1.54, 1.807) is 19.1 Å². The van der Waals surface area contributed by atoms with Gasteiger partial charge in [-0.3, -0.25) is 14.7 Å². The lowest BCUT2D eigenvalue weighted by Gasteiger charge is -2.10. The second-order valence-electron chi connectivity index (χ2n) is 7.34. The van der Waals surface area contributed by atoms with E-state index >= 15 is 0 Å².